The summed E-state index contributed by atoms with van der Waals surface area (Å²) >= 11 is 0. The number of hydrogen-bond donors (Lipinski definition) is 1. The second-order valence-corrected chi connectivity index (χ2v) is 6.43. The molecule has 5 nitrogen and oxygen atoms in total. The second kappa shape index (κ2) is 9.04. The molecular formula is C21H26N2O3. The first-order chi connectivity index (χ1) is 12.4. The third-order valence-electron chi connectivity index (χ3n) is 4.10. The van der Waals surface area contributed by atoms with E-state index < -0.39 is 6.10 Å². The Balaban J connectivity index is 1.99. The predicted octanol–water partition coefficient (Wildman–Crippen LogP) is 3.42. The van der Waals surface area contributed by atoms with Crippen LogP contribution in [0.2, 0.25) is 0 Å². The molecule has 0 saturated carbocycles. The van der Waals surface area contributed by atoms with E-state index in [0.29, 0.717) is 24.3 Å². The number of hydrogen-bond acceptors (Lipinski definition) is 3. The number of carbonyl (C=O) groups excluding carboxylic acids is 2. The number of amides is 2. The SMILES string of the molecule is CCC(Oc1ccccc1C)C(=O)Nc1ccc(CC(=O)N(C)C)cc1. The molecule has 0 spiro atoms. The minimum absolute atomic E-state index is 0.0412. The van der Waals surface area contributed by atoms with Crippen LogP contribution in [-0.2, 0) is 16.0 Å². The standard InChI is InChI=1S/C21H26N2O3/c1-5-18(26-19-9-7-6-8-15(19)2)21(25)22-17-12-10-16(11-13-17)14-20(24)23(3)4/h6-13,18H,5,14H2,1-4H3,(H,22,25). The van der Waals surface area contributed by atoms with Gasteiger partial charge in [-0.2, -0.15) is 0 Å². The summed E-state index contributed by atoms with van der Waals surface area (Å²) in [5.41, 5.74) is 2.58. The van der Waals surface area contributed by atoms with Gasteiger partial charge in [-0.05, 0) is 42.7 Å². The molecule has 0 aliphatic heterocycles. The first kappa shape index (κ1) is 19.5. The Morgan fingerprint density at radius 3 is 2.31 bits per heavy atom. The van der Waals surface area contributed by atoms with Crippen LogP contribution in [0.5, 0.6) is 5.75 Å². The Hall–Kier alpha value is -2.82. The summed E-state index contributed by atoms with van der Waals surface area (Å²) < 4.78 is 5.87. The highest BCUT2D eigenvalue weighted by atomic mass is 16.5. The Morgan fingerprint density at radius 1 is 1.08 bits per heavy atom. The molecule has 0 aromatic heterocycles. The summed E-state index contributed by atoms with van der Waals surface area (Å²) in [6.45, 7) is 3.87. The average Bonchev–Trinajstić information content (AvgIpc) is 2.62. The molecule has 0 fully saturated rings. The van der Waals surface area contributed by atoms with Crippen molar-refractivity contribution < 1.29 is 14.3 Å². The number of para-hydroxylation sites is 1. The van der Waals surface area contributed by atoms with Crippen LogP contribution in [0.1, 0.15) is 24.5 Å². The largest absolute Gasteiger partial charge is 0.480 e. The van der Waals surface area contributed by atoms with Crippen LogP contribution < -0.4 is 10.1 Å². The van der Waals surface area contributed by atoms with E-state index in [2.05, 4.69) is 5.32 Å². The molecule has 5 heteroatoms. The third-order valence-corrected chi connectivity index (χ3v) is 4.10. The Kier molecular flexibility index (Phi) is 6.78. The molecule has 0 bridgehead atoms. The van der Waals surface area contributed by atoms with E-state index in [1.807, 2.05) is 50.2 Å². The molecule has 1 N–H and O–H groups in total. The number of ether oxygens (including phenoxy) is 1. The molecule has 0 radical (unpaired) electrons. The Bertz CT molecular complexity index is 754. The predicted molar refractivity (Wildman–Crippen MR) is 103 cm³/mol. The smallest absolute Gasteiger partial charge is 0.265 e. The fourth-order valence-corrected chi connectivity index (χ4v) is 2.43. The quantitative estimate of drug-likeness (QED) is 0.829. The van der Waals surface area contributed by atoms with Crippen LogP contribution in [0.25, 0.3) is 0 Å². The molecule has 0 heterocycles. The maximum atomic E-state index is 12.5. The van der Waals surface area contributed by atoms with Crippen molar-refractivity contribution in [2.24, 2.45) is 0 Å². The van der Waals surface area contributed by atoms with Crippen molar-refractivity contribution >= 4 is 17.5 Å². The van der Waals surface area contributed by atoms with Crippen LogP contribution in [0, 0.1) is 6.92 Å². The Morgan fingerprint density at radius 2 is 1.73 bits per heavy atom. The third kappa shape index (κ3) is 5.34. The van der Waals surface area contributed by atoms with E-state index in [1.54, 1.807) is 31.1 Å². The van der Waals surface area contributed by atoms with Crippen LogP contribution in [-0.4, -0.2) is 36.9 Å². The molecule has 2 aromatic carbocycles. The van der Waals surface area contributed by atoms with Crippen molar-refractivity contribution in [3.8, 4) is 5.75 Å². The topological polar surface area (TPSA) is 58.6 Å². The molecular weight excluding hydrogens is 328 g/mol. The molecule has 0 aliphatic carbocycles. The van der Waals surface area contributed by atoms with E-state index in [9.17, 15) is 9.59 Å². The van der Waals surface area contributed by atoms with E-state index >= 15 is 0 Å². The highest BCUT2D eigenvalue weighted by Crippen LogP contribution is 2.20. The van der Waals surface area contributed by atoms with Gasteiger partial charge in [-0.25, -0.2) is 0 Å². The summed E-state index contributed by atoms with van der Waals surface area (Å²) in [6.07, 6.45) is 0.344. The second-order valence-electron chi connectivity index (χ2n) is 6.43. The lowest BCUT2D eigenvalue weighted by atomic mass is 10.1. The zero-order chi connectivity index (χ0) is 19.1. The molecule has 0 aliphatic rings. The first-order valence-corrected chi connectivity index (χ1v) is 8.73. The summed E-state index contributed by atoms with van der Waals surface area (Å²) in [5.74, 6) is 0.569. The van der Waals surface area contributed by atoms with Crippen LogP contribution >= 0.6 is 0 Å². The summed E-state index contributed by atoms with van der Waals surface area (Å²) in [5, 5.41) is 2.88. The van der Waals surface area contributed by atoms with Crippen LogP contribution in [0.3, 0.4) is 0 Å². The zero-order valence-corrected chi connectivity index (χ0v) is 15.8. The lowest BCUT2D eigenvalue weighted by Gasteiger charge is -2.18. The van der Waals surface area contributed by atoms with E-state index in [-0.39, 0.29) is 11.8 Å². The molecule has 2 amide bonds. The number of anilines is 1. The monoisotopic (exact) mass is 354 g/mol. The maximum Gasteiger partial charge on any atom is 0.265 e. The number of benzene rings is 2. The molecule has 2 aromatic rings. The molecule has 2 rings (SSSR count). The van der Waals surface area contributed by atoms with Crippen LogP contribution in [0.4, 0.5) is 5.69 Å². The number of carbonyl (C=O) groups is 2. The normalized spacial score (nSPS) is 11.5. The van der Waals surface area contributed by atoms with E-state index in [0.717, 1.165) is 11.1 Å². The highest BCUT2D eigenvalue weighted by Gasteiger charge is 2.19. The van der Waals surface area contributed by atoms with Gasteiger partial charge < -0.3 is 15.0 Å². The Labute approximate surface area is 155 Å². The van der Waals surface area contributed by atoms with Gasteiger partial charge in [0, 0.05) is 19.8 Å². The van der Waals surface area contributed by atoms with Crippen molar-refractivity contribution in [2.75, 3.05) is 19.4 Å². The van der Waals surface area contributed by atoms with Gasteiger partial charge in [-0.3, -0.25) is 9.59 Å². The molecule has 26 heavy (non-hydrogen) atoms. The van der Waals surface area contributed by atoms with E-state index in [1.165, 1.54) is 0 Å². The maximum absolute atomic E-state index is 12.5. The fourth-order valence-electron chi connectivity index (χ4n) is 2.43. The lowest BCUT2D eigenvalue weighted by Crippen LogP contribution is -2.32. The summed E-state index contributed by atoms with van der Waals surface area (Å²) in [4.78, 5) is 25.8. The van der Waals surface area contributed by atoms with Crippen molar-refractivity contribution in [1.82, 2.24) is 4.90 Å². The van der Waals surface area contributed by atoms with Gasteiger partial charge in [0.1, 0.15) is 5.75 Å². The minimum atomic E-state index is -0.564. The van der Waals surface area contributed by atoms with Gasteiger partial charge in [0.15, 0.2) is 6.10 Å². The molecule has 138 valence electrons. The number of aryl methyl sites for hydroxylation is 1. The highest BCUT2D eigenvalue weighted by molar-refractivity contribution is 5.94. The van der Waals surface area contributed by atoms with E-state index in [4.69, 9.17) is 4.74 Å². The number of nitrogens with zero attached hydrogens (tertiary/aromatic N) is 1. The van der Waals surface area contributed by atoms with Gasteiger partial charge in [0.2, 0.25) is 5.91 Å². The van der Waals surface area contributed by atoms with Crippen molar-refractivity contribution in [3.63, 3.8) is 0 Å². The summed E-state index contributed by atoms with van der Waals surface area (Å²) in [7, 11) is 3.46. The van der Waals surface area contributed by atoms with Gasteiger partial charge in [0.05, 0.1) is 6.42 Å². The zero-order valence-electron chi connectivity index (χ0n) is 15.8. The van der Waals surface area contributed by atoms with Gasteiger partial charge in [0.25, 0.3) is 5.91 Å². The molecule has 1 atom stereocenters. The van der Waals surface area contributed by atoms with Crippen molar-refractivity contribution in [3.05, 3.63) is 59.7 Å². The number of nitrogens with one attached hydrogen (secondary N) is 1. The fraction of sp³-hybridized carbons (Fsp3) is 0.333. The van der Waals surface area contributed by atoms with Gasteiger partial charge in [-0.15, -0.1) is 0 Å². The van der Waals surface area contributed by atoms with Crippen molar-refractivity contribution in [1.29, 1.82) is 0 Å². The number of rotatable bonds is 7. The first-order valence-electron chi connectivity index (χ1n) is 8.73. The molecule has 1 unspecified atom stereocenters. The van der Waals surface area contributed by atoms with Gasteiger partial charge >= 0.3 is 0 Å². The summed E-state index contributed by atoms with van der Waals surface area (Å²) in [6, 6.07) is 14.9. The van der Waals surface area contributed by atoms with Crippen LogP contribution in [0.15, 0.2) is 48.5 Å². The minimum Gasteiger partial charge on any atom is -0.480 e. The van der Waals surface area contributed by atoms with Crippen molar-refractivity contribution in [2.45, 2.75) is 32.8 Å². The lowest BCUT2D eigenvalue weighted by molar-refractivity contribution is -0.128. The van der Waals surface area contributed by atoms with Gasteiger partial charge in [-0.1, -0.05) is 37.3 Å². The average molecular weight is 354 g/mol. The molecule has 0 saturated heterocycles. The number of likely N-dealkylation sites (N-methyl/N-ethyl adjacent to an activating group) is 1.